The zero-order valence-electron chi connectivity index (χ0n) is 15.8. The molecule has 1 aromatic heterocycles. The molecule has 12 heteroatoms. The van der Waals surface area contributed by atoms with Gasteiger partial charge in [-0.1, -0.05) is 11.1 Å². The van der Waals surface area contributed by atoms with Crippen molar-refractivity contribution in [1.82, 2.24) is 19.4 Å². The molecule has 1 saturated heterocycles. The van der Waals surface area contributed by atoms with Crippen LogP contribution in [0.25, 0.3) is 0 Å². The highest BCUT2D eigenvalue weighted by molar-refractivity contribution is 6.25. The van der Waals surface area contributed by atoms with Crippen LogP contribution in [0.15, 0.2) is 24.4 Å². The monoisotopic (exact) mass is 412 g/mol. The quantitative estimate of drug-likeness (QED) is 0.323. The van der Waals surface area contributed by atoms with Crippen molar-refractivity contribution < 1.29 is 24.1 Å². The molecule has 154 valence electrons. The third-order valence-corrected chi connectivity index (χ3v) is 5.32. The summed E-state index contributed by atoms with van der Waals surface area (Å²) < 4.78 is 1.16. The van der Waals surface area contributed by atoms with Crippen molar-refractivity contribution in [1.29, 1.82) is 0 Å². The number of likely N-dealkylation sites (tertiary alicyclic amines) is 1. The molecule has 3 heterocycles. The van der Waals surface area contributed by atoms with Crippen LogP contribution in [0.3, 0.4) is 0 Å². The second kappa shape index (κ2) is 6.76. The maximum atomic E-state index is 13.1. The van der Waals surface area contributed by atoms with Gasteiger partial charge in [0, 0.05) is 12.1 Å². The number of rotatable bonds is 4. The van der Waals surface area contributed by atoms with Crippen LogP contribution >= 0.6 is 0 Å². The second-order valence-corrected chi connectivity index (χ2v) is 6.99. The highest BCUT2D eigenvalue weighted by Crippen LogP contribution is 2.32. The standard InChI is InChI=1S/C18H16N6O6/c1-21-9(7-20-18(21)24(29)30)8-22-13(25)6-5-12(16(22)27)23-15(26)10-3-2-4-11(19)14(10)17(23)28/h2-4,7,12H,5-6,8,19H2,1H3. The van der Waals surface area contributed by atoms with Crippen LogP contribution in [0.2, 0.25) is 0 Å². The maximum absolute atomic E-state index is 13.1. The molecule has 4 rings (SSSR count). The molecule has 0 aliphatic carbocycles. The largest absolute Gasteiger partial charge is 0.434 e. The van der Waals surface area contributed by atoms with Crippen molar-refractivity contribution in [2.24, 2.45) is 7.05 Å². The Labute approximate surface area is 169 Å². The number of nitrogens with zero attached hydrogens (tertiary/aromatic N) is 5. The minimum absolute atomic E-state index is 0.00885. The fraction of sp³-hybridized carbons (Fsp3) is 0.278. The van der Waals surface area contributed by atoms with Crippen LogP contribution in [0.4, 0.5) is 11.6 Å². The zero-order valence-corrected chi connectivity index (χ0v) is 15.8. The van der Waals surface area contributed by atoms with Gasteiger partial charge in [-0.05, 0) is 23.5 Å². The average molecular weight is 412 g/mol. The zero-order chi connectivity index (χ0) is 21.7. The predicted octanol–water partition coefficient (Wildman–Crippen LogP) is 0.224. The Bertz CT molecular complexity index is 1140. The van der Waals surface area contributed by atoms with Gasteiger partial charge in [0.05, 0.1) is 24.7 Å². The molecule has 2 aliphatic rings. The van der Waals surface area contributed by atoms with Gasteiger partial charge in [0.2, 0.25) is 5.91 Å². The number of benzene rings is 1. The Kier molecular flexibility index (Phi) is 4.33. The van der Waals surface area contributed by atoms with E-state index in [4.69, 9.17) is 5.73 Å². The molecule has 0 bridgehead atoms. The summed E-state index contributed by atoms with van der Waals surface area (Å²) in [4.78, 5) is 66.8. The summed E-state index contributed by atoms with van der Waals surface area (Å²) in [7, 11) is 1.39. The number of imide groups is 2. The Morgan fingerprint density at radius 2 is 1.97 bits per heavy atom. The fourth-order valence-corrected chi connectivity index (χ4v) is 3.75. The van der Waals surface area contributed by atoms with Crippen molar-refractivity contribution in [3.05, 3.63) is 51.3 Å². The van der Waals surface area contributed by atoms with Gasteiger partial charge in [-0.25, -0.2) is 4.57 Å². The summed E-state index contributed by atoms with van der Waals surface area (Å²) in [5.41, 5.74) is 6.38. The first-order chi connectivity index (χ1) is 14.2. The molecule has 0 radical (unpaired) electrons. The van der Waals surface area contributed by atoms with Crippen LogP contribution in [0.1, 0.15) is 39.3 Å². The number of hydrogen-bond donors (Lipinski definition) is 1. The van der Waals surface area contributed by atoms with E-state index in [1.807, 2.05) is 0 Å². The van der Waals surface area contributed by atoms with E-state index in [0.717, 1.165) is 14.4 Å². The van der Waals surface area contributed by atoms with Gasteiger partial charge >= 0.3 is 5.95 Å². The Morgan fingerprint density at radius 3 is 2.60 bits per heavy atom. The smallest absolute Gasteiger partial charge is 0.398 e. The number of aromatic nitrogens is 2. The van der Waals surface area contributed by atoms with Crippen LogP contribution in [-0.2, 0) is 23.2 Å². The van der Waals surface area contributed by atoms with Gasteiger partial charge in [-0.15, -0.1) is 0 Å². The summed E-state index contributed by atoms with van der Waals surface area (Å²) in [6.07, 6.45) is 1.12. The van der Waals surface area contributed by atoms with Gasteiger partial charge in [0.25, 0.3) is 17.7 Å². The minimum atomic E-state index is -1.17. The van der Waals surface area contributed by atoms with E-state index in [-0.39, 0.29) is 41.9 Å². The van der Waals surface area contributed by atoms with Crippen molar-refractivity contribution in [2.75, 3.05) is 5.73 Å². The van der Waals surface area contributed by atoms with Gasteiger partial charge < -0.3 is 15.8 Å². The van der Waals surface area contributed by atoms with Crippen LogP contribution in [-0.4, -0.2) is 53.9 Å². The van der Waals surface area contributed by atoms with E-state index >= 15 is 0 Å². The number of hydrogen-bond acceptors (Lipinski definition) is 8. The molecule has 1 atom stereocenters. The number of carbonyl (C=O) groups is 4. The molecule has 1 aromatic carbocycles. The first kappa shape index (κ1) is 19.2. The number of imidazole rings is 1. The van der Waals surface area contributed by atoms with E-state index < -0.39 is 40.5 Å². The number of carbonyl (C=O) groups excluding carboxylic acids is 4. The molecular weight excluding hydrogens is 396 g/mol. The Balaban J connectivity index is 1.63. The number of piperidine rings is 1. The molecular formula is C18H16N6O6. The van der Waals surface area contributed by atoms with Crippen LogP contribution in [0, 0.1) is 10.1 Å². The first-order valence-electron chi connectivity index (χ1n) is 8.98. The molecule has 12 nitrogen and oxygen atoms in total. The lowest BCUT2D eigenvalue weighted by atomic mass is 10.0. The normalized spacial score (nSPS) is 18.9. The van der Waals surface area contributed by atoms with E-state index in [9.17, 15) is 29.3 Å². The third kappa shape index (κ3) is 2.72. The van der Waals surface area contributed by atoms with Crippen LogP contribution in [0.5, 0.6) is 0 Å². The highest BCUT2D eigenvalue weighted by Gasteiger charge is 2.47. The summed E-state index contributed by atoms with van der Waals surface area (Å²) in [5.74, 6) is -3.00. The lowest BCUT2D eigenvalue weighted by Crippen LogP contribution is -2.55. The van der Waals surface area contributed by atoms with Crippen molar-refractivity contribution >= 4 is 35.3 Å². The minimum Gasteiger partial charge on any atom is -0.398 e. The second-order valence-electron chi connectivity index (χ2n) is 6.99. The molecule has 0 saturated carbocycles. The molecule has 2 aromatic rings. The lowest BCUT2D eigenvalue weighted by molar-refractivity contribution is -0.396. The first-order valence-corrected chi connectivity index (χ1v) is 8.98. The van der Waals surface area contributed by atoms with Crippen molar-refractivity contribution in [2.45, 2.75) is 25.4 Å². The molecule has 2 aliphatic heterocycles. The number of amides is 4. The number of nitrogen functional groups attached to an aromatic ring is 1. The number of fused-ring (bicyclic) bond motifs is 1. The van der Waals surface area contributed by atoms with E-state index in [2.05, 4.69) is 4.98 Å². The molecule has 1 fully saturated rings. The third-order valence-electron chi connectivity index (χ3n) is 5.32. The number of nitro groups is 1. The highest BCUT2D eigenvalue weighted by atomic mass is 16.6. The maximum Gasteiger partial charge on any atom is 0.434 e. The molecule has 30 heavy (non-hydrogen) atoms. The van der Waals surface area contributed by atoms with E-state index in [1.165, 1.54) is 31.4 Å². The SMILES string of the molecule is Cn1c(CN2C(=O)CCC(N3C(=O)c4cccc(N)c4C3=O)C2=O)cnc1[N+](=O)[O-]. The van der Waals surface area contributed by atoms with E-state index in [0.29, 0.717) is 0 Å². The average Bonchev–Trinajstić information content (AvgIpc) is 3.18. The summed E-state index contributed by atoms with van der Waals surface area (Å²) in [6.45, 7) is -0.267. The fourth-order valence-electron chi connectivity index (χ4n) is 3.75. The Morgan fingerprint density at radius 1 is 1.23 bits per heavy atom. The van der Waals surface area contributed by atoms with E-state index in [1.54, 1.807) is 0 Å². The van der Waals surface area contributed by atoms with Gasteiger partial charge in [-0.2, -0.15) is 0 Å². The summed E-state index contributed by atoms with van der Waals surface area (Å²) in [5, 5.41) is 11.0. The molecule has 2 N–H and O–H groups in total. The van der Waals surface area contributed by atoms with Crippen molar-refractivity contribution in [3.63, 3.8) is 0 Å². The molecule has 4 amide bonds. The molecule has 1 unspecified atom stereocenters. The number of anilines is 1. The lowest BCUT2D eigenvalue weighted by Gasteiger charge is -2.34. The van der Waals surface area contributed by atoms with Gasteiger partial charge in [0.1, 0.15) is 17.9 Å². The molecule has 0 spiro atoms. The summed E-state index contributed by atoms with van der Waals surface area (Å²) in [6, 6.07) is 3.31. The number of nitrogens with two attached hydrogens (primary N) is 1. The van der Waals surface area contributed by atoms with Crippen LogP contribution < -0.4 is 5.73 Å². The van der Waals surface area contributed by atoms with Gasteiger partial charge in [0.15, 0.2) is 0 Å². The topological polar surface area (TPSA) is 162 Å². The predicted molar refractivity (Wildman–Crippen MR) is 99.8 cm³/mol. The summed E-state index contributed by atoms with van der Waals surface area (Å²) >= 11 is 0. The Hall–Kier alpha value is -4.09. The van der Waals surface area contributed by atoms with Gasteiger partial charge in [-0.3, -0.25) is 29.0 Å². The van der Waals surface area contributed by atoms with Crippen molar-refractivity contribution in [3.8, 4) is 0 Å².